The number of alkyl halides is 3. The van der Waals surface area contributed by atoms with Crippen LogP contribution in [-0.4, -0.2) is 36.7 Å². The number of carbonyl (C=O) groups is 1. The second-order valence-electron chi connectivity index (χ2n) is 2.29. The minimum atomic E-state index is -4.29. The van der Waals surface area contributed by atoms with Gasteiger partial charge >= 0.3 is 6.18 Å². The molecule has 0 atom stereocenters. The smallest absolute Gasteiger partial charge is 0.320 e. The van der Waals surface area contributed by atoms with Gasteiger partial charge in [0.1, 0.15) is 6.54 Å². The van der Waals surface area contributed by atoms with Gasteiger partial charge in [0.2, 0.25) is 5.91 Å². The Hall–Kier alpha value is -0.780. The van der Waals surface area contributed by atoms with Gasteiger partial charge in [-0.2, -0.15) is 13.2 Å². The molecule has 0 aliphatic carbocycles. The van der Waals surface area contributed by atoms with Crippen LogP contribution in [0.1, 0.15) is 0 Å². The van der Waals surface area contributed by atoms with Crippen LogP contribution >= 0.6 is 0 Å². The second kappa shape index (κ2) is 2.69. The Morgan fingerprint density at radius 1 is 1.55 bits per heavy atom. The molecular weight excluding hydrogens is 161 g/mol. The maximum atomic E-state index is 11.7. The molecule has 0 radical (unpaired) electrons. The molecule has 6 heteroatoms. The molecule has 1 N–H and O–H groups in total. The lowest BCUT2D eigenvalue weighted by Gasteiger charge is -2.16. The predicted octanol–water partition coefficient (Wildman–Crippen LogP) is -0.0620. The van der Waals surface area contributed by atoms with E-state index in [2.05, 4.69) is 5.32 Å². The SMILES string of the molecule is O=C1CNCN1CC(F)(F)F. The van der Waals surface area contributed by atoms with Crippen LogP contribution < -0.4 is 5.32 Å². The van der Waals surface area contributed by atoms with Crippen molar-refractivity contribution in [2.24, 2.45) is 0 Å². The van der Waals surface area contributed by atoms with Crippen LogP contribution in [0.3, 0.4) is 0 Å². The zero-order valence-corrected chi connectivity index (χ0v) is 5.61. The van der Waals surface area contributed by atoms with Crippen molar-refractivity contribution in [2.75, 3.05) is 19.8 Å². The van der Waals surface area contributed by atoms with Gasteiger partial charge in [-0.05, 0) is 0 Å². The molecule has 0 aromatic rings. The summed E-state index contributed by atoms with van der Waals surface area (Å²) in [5.74, 6) is -0.498. The lowest BCUT2D eigenvalue weighted by atomic mass is 10.5. The van der Waals surface area contributed by atoms with Gasteiger partial charge in [0.15, 0.2) is 0 Å². The van der Waals surface area contributed by atoms with Crippen LogP contribution in [-0.2, 0) is 4.79 Å². The number of carbonyl (C=O) groups excluding carboxylic acids is 1. The first-order valence-corrected chi connectivity index (χ1v) is 3.04. The highest BCUT2D eigenvalue weighted by molar-refractivity contribution is 5.80. The highest BCUT2D eigenvalue weighted by Gasteiger charge is 2.34. The fourth-order valence-electron chi connectivity index (χ4n) is 0.858. The highest BCUT2D eigenvalue weighted by atomic mass is 19.4. The highest BCUT2D eigenvalue weighted by Crippen LogP contribution is 2.16. The summed E-state index contributed by atoms with van der Waals surface area (Å²) in [7, 11) is 0. The molecule has 1 aliphatic heterocycles. The quantitative estimate of drug-likeness (QED) is 0.594. The van der Waals surface area contributed by atoms with Crippen molar-refractivity contribution in [1.29, 1.82) is 0 Å². The molecule has 0 saturated carbocycles. The predicted molar refractivity (Wildman–Crippen MR) is 30.6 cm³/mol. The number of hydrogen-bond acceptors (Lipinski definition) is 2. The molecule has 1 rings (SSSR count). The standard InChI is InChI=1S/C5H7F3N2O/c6-5(7,8)2-10-3-9-1-4(10)11/h9H,1-3H2. The van der Waals surface area contributed by atoms with E-state index < -0.39 is 18.6 Å². The zero-order chi connectivity index (χ0) is 8.48. The van der Waals surface area contributed by atoms with Crippen molar-refractivity contribution >= 4 is 5.91 Å². The summed E-state index contributed by atoms with van der Waals surface area (Å²) in [5, 5.41) is 2.52. The van der Waals surface area contributed by atoms with E-state index in [0.717, 1.165) is 4.90 Å². The fourth-order valence-corrected chi connectivity index (χ4v) is 0.858. The summed E-state index contributed by atoms with van der Waals surface area (Å²) in [5.41, 5.74) is 0. The van der Waals surface area contributed by atoms with Gasteiger partial charge in [-0.1, -0.05) is 0 Å². The minimum absolute atomic E-state index is 0.00164. The summed E-state index contributed by atoms with van der Waals surface area (Å²) in [4.78, 5) is 11.4. The van der Waals surface area contributed by atoms with Crippen molar-refractivity contribution in [2.45, 2.75) is 6.18 Å². The third kappa shape index (κ3) is 2.38. The summed E-state index contributed by atoms with van der Waals surface area (Å²) in [6.07, 6.45) is -4.29. The number of hydrogen-bond donors (Lipinski definition) is 1. The lowest BCUT2D eigenvalue weighted by Crippen LogP contribution is -2.35. The van der Waals surface area contributed by atoms with Crippen molar-refractivity contribution in [3.63, 3.8) is 0 Å². The van der Waals surface area contributed by atoms with Crippen molar-refractivity contribution < 1.29 is 18.0 Å². The first kappa shape index (κ1) is 8.32. The molecule has 1 aliphatic rings. The molecule has 1 fully saturated rings. The Morgan fingerprint density at radius 3 is 2.55 bits per heavy atom. The summed E-state index contributed by atoms with van der Waals surface area (Å²) in [6, 6.07) is 0. The van der Waals surface area contributed by atoms with E-state index in [0.29, 0.717) is 0 Å². The number of nitrogens with one attached hydrogen (secondary N) is 1. The molecule has 1 heterocycles. The molecule has 1 amide bonds. The monoisotopic (exact) mass is 168 g/mol. The van der Waals surface area contributed by atoms with Gasteiger partial charge in [-0.15, -0.1) is 0 Å². The van der Waals surface area contributed by atoms with Gasteiger partial charge in [-0.3, -0.25) is 10.1 Å². The molecule has 64 valence electrons. The molecule has 3 nitrogen and oxygen atoms in total. The Morgan fingerprint density at radius 2 is 2.18 bits per heavy atom. The largest absolute Gasteiger partial charge is 0.406 e. The van der Waals surface area contributed by atoms with E-state index in [9.17, 15) is 18.0 Å². The van der Waals surface area contributed by atoms with Crippen LogP contribution in [0.2, 0.25) is 0 Å². The number of halogens is 3. The summed E-state index contributed by atoms with van der Waals surface area (Å²) < 4.78 is 35.0. The van der Waals surface area contributed by atoms with Crippen molar-refractivity contribution in [3.8, 4) is 0 Å². The Labute approximate surface area is 61.2 Å². The van der Waals surface area contributed by atoms with Gasteiger partial charge in [0.05, 0.1) is 13.2 Å². The molecule has 0 unspecified atom stereocenters. The van der Waals surface area contributed by atoms with E-state index in [1.54, 1.807) is 0 Å². The van der Waals surface area contributed by atoms with Crippen molar-refractivity contribution in [3.05, 3.63) is 0 Å². The van der Waals surface area contributed by atoms with Crippen LogP contribution in [0, 0.1) is 0 Å². The molecule has 0 aromatic carbocycles. The van der Waals surface area contributed by atoms with E-state index >= 15 is 0 Å². The van der Waals surface area contributed by atoms with E-state index in [1.807, 2.05) is 0 Å². The lowest BCUT2D eigenvalue weighted by molar-refractivity contribution is -0.156. The Bertz CT molecular complexity index is 168. The first-order chi connectivity index (χ1) is 4.99. The molecule has 1 saturated heterocycles. The van der Waals surface area contributed by atoms with Crippen LogP contribution in [0.4, 0.5) is 13.2 Å². The second-order valence-corrected chi connectivity index (χ2v) is 2.29. The maximum Gasteiger partial charge on any atom is 0.406 e. The van der Waals surface area contributed by atoms with Crippen LogP contribution in [0.15, 0.2) is 0 Å². The third-order valence-corrected chi connectivity index (χ3v) is 1.30. The summed E-state index contributed by atoms with van der Waals surface area (Å²) in [6.45, 7) is -1.15. The number of amides is 1. The van der Waals surface area contributed by atoms with Gasteiger partial charge in [0.25, 0.3) is 0 Å². The normalized spacial score (nSPS) is 19.5. The first-order valence-electron chi connectivity index (χ1n) is 3.04. The average molecular weight is 168 g/mol. The van der Waals surface area contributed by atoms with E-state index in [1.165, 1.54) is 0 Å². The third-order valence-electron chi connectivity index (χ3n) is 1.30. The summed E-state index contributed by atoms with van der Waals surface area (Å²) >= 11 is 0. The Kier molecular flexibility index (Phi) is 2.03. The topological polar surface area (TPSA) is 32.3 Å². The number of rotatable bonds is 1. The molecule has 0 spiro atoms. The van der Waals surface area contributed by atoms with Gasteiger partial charge in [0, 0.05) is 0 Å². The van der Waals surface area contributed by atoms with E-state index in [-0.39, 0.29) is 13.2 Å². The molecule has 0 bridgehead atoms. The van der Waals surface area contributed by atoms with Gasteiger partial charge in [-0.25, -0.2) is 0 Å². The van der Waals surface area contributed by atoms with Crippen LogP contribution in [0.5, 0.6) is 0 Å². The molecule has 11 heavy (non-hydrogen) atoms. The zero-order valence-electron chi connectivity index (χ0n) is 5.61. The van der Waals surface area contributed by atoms with E-state index in [4.69, 9.17) is 0 Å². The minimum Gasteiger partial charge on any atom is -0.320 e. The van der Waals surface area contributed by atoms with Crippen molar-refractivity contribution in [1.82, 2.24) is 10.2 Å². The van der Waals surface area contributed by atoms with Crippen LogP contribution in [0.25, 0.3) is 0 Å². The number of nitrogens with zero attached hydrogens (tertiary/aromatic N) is 1. The Balaban J connectivity index is 2.43. The molecular formula is C5H7F3N2O. The van der Waals surface area contributed by atoms with Gasteiger partial charge < -0.3 is 4.90 Å². The average Bonchev–Trinajstić information content (AvgIpc) is 2.12. The molecule has 0 aromatic heterocycles. The maximum absolute atomic E-state index is 11.7. The fraction of sp³-hybridized carbons (Fsp3) is 0.800.